The van der Waals surface area contributed by atoms with Crippen LogP contribution in [0.15, 0.2) is 40.9 Å². The lowest BCUT2D eigenvalue weighted by molar-refractivity contribution is 1.06. The molecule has 1 aromatic heterocycles. The van der Waals surface area contributed by atoms with Crippen molar-refractivity contribution in [2.24, 2.45) is 0 Å². The lowest BCUT2D eigenvalue weighted by atomic mass is 10.1. The smallest absolute Gasteiger partial charge is 0.233 e. The molecule has 0 fully saturated rings. The fourth-order valence-corrected chi connectivity index (χ4v) is 3.29. The topological polar surface area (TPSA) is 62.7 Å². The van der Waals surface area contributed by atoms with Crippen LogP contribution in [0, 0.1) is 20.8 Å². The second kappa shape index (κ2) is 9.67. The SMILES string of the molecule is CC.Cc1ccc(Nc2nc(Cl)nc(Nc3c(C)cc(Br)cc3C)n2)cc1. The standard InChI is InChI=1S/C18H17BrClN5.C2H6/c1-10-4-6-14(7-5-10)21-17-23-16(20)24-18(25-17)22-15-11(2)8-13(19)9-12(15)3;1-2/h4-9H,1-3H3,(H2,21,22,23,24,25);1-2H3. The lowest BCUT2D eigenvalue weighted by Gasteiger charge is -2.13. The number of hydrogen-bond donors (Lipinski definition) is 2. The van der Waals surface area contributed by atoms with Crippen molar-refractivity contribution < 1.29 is 0 Å². The first-order valence-electron chi connectivity index (χ1n) is 8.70. The molecule has 0 aliphatic heterocycles. The van der Waals surface area contributed by atoms with Crippen molar-refractivity contribution in [2.75, 3.05) is 10.6 Å². The van der Waals surface area contributed by atoms with Crippen LogP contribution in [0.1, 0.15) is 30.5 Å². The minimum Gasteiger partial charge on any atom is -0.324 e. The first-order valence-corrected chi connectivity index (χ1v) is 9.87. The molecule has 27 heavy (non-hydrogen) atoms. The summed E-state index contributed by atoms with van der Waals surface area (Å²) in [5.41, 5.74) is 5.18. The Balaban J connectivity index is 0.00000126. The predicted molar refractivity (Wildman–Crippen MR) is 118 cm³/mol. The molecule has 3 rings (SSSR count). The molecule has 2 aromatic carbocycles. The number of hydrogen-bond acceptors (Lipinski definition) is 5. The molecule has 142 valence electrons. The number of halogens is 2. The van der Waals surface area contributed by atoms with Gasteiger partial charge in [-0.3, -0.25) is 0 Å². The summed E-state index contributed by atoms with van der Waals surface area (Å²) in [7, 11) is 0. The van der Waals surface area contributed by atoms with Crippen LogP contribution in [0.5, 0.6) is 0 Å². The molecule has 5 nitrogen and oxygen atoms in total. The van der Waals surface area contributed by atoms with Crippen LogP contribution in [-0.2, 0) is 0 Å². The summed E-state index contributed by atoms with van der Waals surface area (Å²) in [6.45, 7) is 10.1. The molecule has 0 atom stereocenters. The van der Waals surface area contributed by atoms with Crippen LogP contribution in [0.25, 0.3) is 0 Å². The summed E-state index contributed by atoms with van der Waals surface area (Å²) in [6, 6.07) is 12.0. The first-order chi connectivity index (χ1) is 12.9. The summed E-state index contributed by atoms with van der Waals surface area (Å²) >= 11 is 9.56. The van der Waals surface area contributed by atoms with Gasteiger partial charge in [0.1, 0.15) is 0 Å². The normalized spacial score (nSPS) is 10.0. The highest BCUT2D eigenvalue weighted by molar-refractivity contribution is 9.10. The molecule has 0 saturated heterocycles. The lowest BCUT2D eigenvalue weighted by Crippen LogP contribution is -2.05. The maximum atomic E-state index is 6.06. The van der Waals surface area contributed by atoms with Crippen molar-refractivity contribution in [3.8, 4) is 0 Å². The van der Waals surface area contributed by atoms with Gasteiger partial charge in [0.05, 0.1) is 0 Å². The average Bonchev–Trinajstić information content (AvgIpc) is 2.61. The third-order valence-corrected chi connectivity index (χ3v) is 4.28. The van der Waals surface area contributed by atoms with Gasteiger partial charge in [-0.15, -0.1) is 0 Å². The Morgan fingerprint density at radius 2 is 1.33 bits per heavy atom. The van der Waals surface area contributed by atoms with Crippen LogP contribution < -0.4 is 10.6 Å². The molecular weight excluding hydrogens is 426 g/mol. The number of aromatic nitrogens is 3. The van der Waals surface area contributed by atoms with Gasteiger partial charge in [0.25, 0.3) is 0 Å². The molecule has 0 radical (unpaired) electrons. The zero-order valence-electron chi connectivity index (χ0n) is 16.1. The summed E-state index contributed by atoms with van der Waals surface area (Å²) in [5, 5.41) is 6.50. The Kier molecular flexibility index (Phi) is 7.56. The predicted octanol–water partition coefficient (Wildman–Crippen LogP) is 6.73. The van der Waals surface area contributed by atoms with Crippen molar-refractivity contribution >= 4 is 50.8 Å². The number of benzene rings is 2. The van der Waals surface area contributed by atoms with Crippen LogP contribution >= 0.6 is 27.5 Å². The Morgan fingerprint density at radius 3 is 1.89 bits per heavy atom. The van der Waals surface area contributed by atoms with E-state index in [1.54, 1.807) is 0 Å². The summed E-state index contributed by atoms with van der Waals surface area (Å²) in [5.74, 6) is 0.780. The van der Waals surface area contributed by atoms with Crippen molar-refractivity contribution in [3.05, 3.63) is 62.8 Å². The third-order valence-electron chi connectivity index (χ3n) is 3.65. The molecule has 0 aliphatic rings. The number of anilines is 4. The zero-order valence-corrected chi connectivity index (χ0v) is 18.4. The van der Waals surface area contributed by atoms with E-state index in [9.17, 15) is 0 Å². The maximum absolute atomic E-state index is 6.06. The van der Waals surface area contributed by atoms with E-state index in [0.717, 1.165) is 27.0 Å². The van der Waals surface area contributed by atoms with Gasteiger partial charge in [-0.2, -0.15) is 15.0 Å². The largest absolute Gasteiger partial charge is 0.324 e. The van der Waals surface area contributed by atoms with Gasteiger partial charge in [-0.05, 0) is 67.8 Å². The fourth-order valence-electron chi connectivity index (χ4n) is 2.45. The van der Waals surface area contributed by atoms with E-state index >= 15 is 0 Å². The Labute approximate surface area is 173 Å². The van der Waals surface area contributed by atoms with Crippen LogP contribution in [0.2, 0.25) is 5.28 Å². The van der Waals surface area contributed by atoms with E-state index in [1.807, 2.05) is 71.0 Å². The molecule has 7 heteroatoms. The highest BCUT2D eigenvalue weighted by Gasteiger charge is 2.10. The third kappa shape index (κ3) is 5.91. The van der Waals surface area contributed by atoms with Crippen molar-refractivity contribution in [1.82, 2.24) is 15.0 Å². The van der Waals surface area contributed by atoms with E-state index < -0.39 is 0 Å². The van der Waals surface area contributed by atoms with Crippen LogP contribution in [-0.4, -0.2) is 15.0 Å². The van der Waals surface area contributed by atoms with Crippen LogP contribution in [0.4, 0.5) is 23.3 Å². The molecule has 0 unspecified atom stereocenters. The Hall–Kier alpha value is -2.18. The summed E-state index contributed by atoms with van der Waals surface area (Å²) < 4.78 is 1.03. The fraction of sp³-hybridized carbons (Fsp3) is 0.250. The zero-order chi connectivity index (χ0) is 20.0. The first kappa shape index (κ1) is 21.1. The van der Waals surface area contributed by atoms with E-state index in [2.05, 4.69) is 41.5 Å². The van der Waals surface area contributed by atoms with E-state index in [0.29, 0.717) is 11.9 Å². The number of nitrogens with one attached hydrogen (secondary N) is 2. The van der Waals surface area contributed by atoms with Crippen molar-refractivity contribution in [2.45, 2.75) is 34.6 Å². The van der Waals surface area contributed by atoms with Gasteiger partial charge in [0, 0.05) is 15.8 Å². The second-order valence-corrected chi connectivity index (χ2v) is 7.04. The van der Waals surface area contributed by atoms with Gasteiger partial charge in [0.2, 0.25) is 17.2 Å². The highest BCUT2D eigenvalue weighted by atomic mass is 79.9. The summed E-state index contributed by atoms with van der Waals surface area (Å²) in [4.78, 5) is 12.7. The molecule has 3 aromatic rings. The Bertz CT molecular complexity index is 890. The monoisotopic (exact) mass is 447 g/mol. The van der Waals surface area contributed by atoms with Gasteiger partial charge in [0.15, 0.2) is 0 Å². The van der Waals surface area contributed by atoms with E-state index in [4.69, 9.17) is 11.6 Å². The molecular formula is C20H23BrClN5. The van der Waals surface area contributed by atoms with Gasteiger partial charge >= 0.3 is 0 Å². The number of aryl methyl sites for hydroxylation is 3. The summed E-state index contributed by atoms with van der Waals surface area (Å²) in [6.07, 6.45) is 0. The van der Waals surface area contributed by atoms with Crippen molar-refractivity contribution in [3.63, 3.8) is 0 Å². The second-order valence-electron chi connectivity index (χ2n) is 5.78. The molecule has 2 N–H and O–H groups in total. The number of nitrogens with zero attached hydrogens (tertiary/aromatic N) is 3. The molecule has 0 saturated carbocycles. The molecule has 0 aliphatic carbocycles. The van der Waals surface area contributed by atoms with Gasteiger partial charge in [-0.1, -0.05) is 47.5 Å². The van der Waals surface area contributed by atoms with Gasteiger partial charge < -0.3 is 10.6 Å². The minimum atomic E-state index is 0.125. The van der Waals surface area contributed by atoms with Crippen molar-refractivity contribution in [1.29, 1.82) is 0 Å². The number of rotatable bonds is 4. The minimum absolute atomic E-state index is 0.125. The van der Waals surface area contributed by atoms with Gasteiger partial charge in [-0.25, -0.2) is 0 Å². The molecule has 0 spiro atoms. The van der Waals surface area contributed by atoms with E-state index in [-0.39, 0.29) is 5.28 Å². The van der Waals surface area contributed by atoms with E-state index in [1.165, 1.54) is 5.56 Å². The maximum Gasteiger partial charge on any atom is 0.233 e. The average molecular weight is 449 g/mol. The molecule has 0 bridgehead atoms. The van der Waals surface area contributed by atoms with Crippen LogP contribution in [0.3, 0.4) is 0 Å². The molecule has 0 amide bonds. The quantitative estimate of drug-likeness (QED) is 0.463. The Morgan fingerprint density at radius 1 is 0.815 bits per heavy atom. The highest BCUT2D eigenvalue weighted by Crippen LogP contribution is 2.27. The molecule has 1 heterocycles.